The van der Waals surface area contributed by atoms with Gasteiger partial charge in [0.2, 0.25) is 11.7 Å². The van der Waals surface area contributed by atoms with Crippen molar-refractivity contribution in [2.24, 2.45) is 0 Å². The molecule has 3 rings (SSSR count). The molecule has 0 atom stereocenters. The molecule has 1 fully saturated rings. The Balaban J connectivity index is 1.75. The van der Waals surface area contributed by atoms with Crippen LogP contribution in [0.25, 0.3) is 0 Å². The van der Waals surface area contributed by atoms with Gasteiger partial charge in [0.15, 0.2) is 0 Å². The van der Waals surface area contributed by atoms with E-state index in [1.54, 1.807) is 12.1 Å². The molecule has 144 valence electrons. The van der Waals surface area contributed by atoms with Crippen molar-refractivity contribution in [2.45, 2.75) is 24.6 Å². The fraction of sp³-hybridized carbons (Fsp3) is 0.438. The summed E-state index contributed by atoms with van der Waals surface area (Å²) in [5, 5.41) is 6.00. The number of amides is 2. The van der Waals surface area contributed by atoms with Crippen molar-refractivity contribution in [3.05, 3.63) is 42.7 Å². The molecule has 1 aliphatic heterocycles. The first-order valence-corrected chi connectivity index (χ1v) is 8.23. The van der Waals surface area contributed by atoms with Crippen LogP contribution in [0.15, 0.2) is 36.9 Å². The summed E-state index contributed by atoms with van der Waals surface area (Å²) in [6.07, 6.45) is 1.61. The molecule has 8 nitrogen and oxygen atoms in total. The van der Waals surface area contributed by atoms with Gasteiger partial charge < -0.3 is 10.2 Å². The topological polar surface area (TPSA) is 93.0 Å². The zero-order valence-corrected chi connectivity index (χ0v) is 14.2. The fourth-order valence-electron chi connectivity index (χ4n) is 3.06. The Morgan fingerprint density at radius 2 is 1.78 bits per heavy atom. The number of hydrogen-bond acceptors (Lipinski definition) is 5. The quantitative estimate of drug-likeness (QED) is 0.851. The molecule has 0 aromatic carbocycles. The minimum absolute atomic E-state index is 0.0330. The Morgan fingerprint density at radius 3 is 2.33 bits per heavy atom. The molecular weight excluding hydrogens is 365 g/mol. The minimum Gasteiger partial charge on any atom is -0.345 e. The van der Waals surface area contributed by atoms with Crippen molar-refractivity contribution in [3.8, 4) is 0 Å². The number of alkyl halides is 3. The van der Waals surface area contributed by atoms with Crippen molar-refractivity contribution in [1.29, 1.82) is 0 Å². The second-order valence-corrected chi connectivity index (χ2v) is 6.14. The van der Waals surface area contributed by atoms with E-state index >= 15 is 0 Å². The predicted octanol–water partition coefficient (Wildman–Crippen LogP) is 0.983. The highest BCUT2D eigenvalue weighted by molar-refractivity contribution is 5.91. The number of aromatic nitrogens is 4. The molecule has 11 heteroatoms. The minimum atomic E-state index is -4.51. The predicted molar refractivity (Wildman–Crippen MR) is 86.4 cm³/mol. The van der Waals surface area contributed by atoms with Crippen molar-refractivity contribution in [1.82, 2.24) is 30.0 Å². The molecule has 0 spiro atoms. The molecule has 3 heterocycles. The molecule has 1 aliphatic rings. The van der Waals surface area contributed by atoms with E-state index in [0.29, 0.717) is 0 Å². The van der Waals surface area contributed by atoms with Gasteiger partial charge in [-0.15, -0.1) is 0 Å². The summed E-state index contributed by atoms with van der Waals surface area (Å²) in [5.41, 5.74) is -1.29. The molecule has 2 aromatic rings. The molecule has 0 radical (unpaired) electrons. The molecule has 0 bridgehead atoms. The number of carbonyl (C=O) groups excluding carboxylic acids is 2. The van der Waals surface area contributed by atoms with Crippen LogP contribution >= 0.6 is 0 Å². The van der Waals surface area contributed by atoms with Gasteiger partial charge in [-0.25, -0.2) is 9.97 Å². The molecule has 0 aliphatic carbocycles. The summed E-state index contributed by atoms with van der Waals surface area (Å²) in [4.78, 5) is 34.4. The first-order chi connectivity index (χ1) is 12.8. The molecule has 1 saturated heterocycles. The third kappa shape index (κ3) is 4.07. The van der Waals surface area contributed by atoms with Crippen LogP contribution in [0.5, 0.6) is 0 Å². The highest BCUT2D eigenvalue weighted by Gasteiger charge is 2.45. The summed E-state index contributed by atoms with van der Waals surface area (Å²) >= 11 is 0. The van der Waals surface area contributed by atoms with Crippen LogP contribution in [0.4, 0.5) is 13.2 Å². The number of nitrogens with zero attached hydrogens (tertiary/aromatic N) is 5. The van der Waals surface area contributed by atoms with E-state index < -0.39 is 24.2 Å². The maximum absolute atomic E-state index is 12.6. The Bertz CT molecular complexity index is 786. The molecular formula is C16H17F3N6O2. The van der Waals surface area contributed by atoms with E-state index in [2.05, 4.69) is 15.1 Å². The normalized spacial score (nSPS) is 16.8. The van der Waals surface area contributed by atoms with Crippen molar-refractivity contribution < 1.29 is 22.8 Å². The average molecular weight is 382 g/mol. The SMILES string of the molecule is O=C(c1ncccn1)N1CCC(C(=O)NCC(F)(F)F)(n2cccn2)CC1. The van der Waals surface area contributed by atoms with Gasteiger partial charge in [0.05, 0.1) is 0 Å². The van der Waals surface area contributed by atoms with E-state index in [0.717, 1.165) is 0 Å². The van der Waals surface area contributed by atoms with Gasteiger partial charge in [0.1, 0.15) is 12.1 Å². The number of halogens is 3. The number of rotatable bonds is 4. The van der Waals surface area contributed by atoms with Crippen molar-refractivity contribution in [2.75, 3.05) is 19.6 Å². The van der Waals surface area contributed by atoms with Gasteiger partial charge in [-0.2, -0.15) is 18.3 Å². The van der Waals surface area contributed by atoms with E-state index in [1.807, 2.05) is 5.32 Å². The van der Waals surface area contributed by atoms with Gasteiger partial charge in [-0.3, -0.25) is 14.3 Å². The number of hydrogen-bond donors (Lipinski definition) is 1. The Labute approximate surface area is 152 Å². The van der Waals surface area contributed by atoms with E-state index in [-0.39, 0.29) is 37.7 Å². The third-order valence-electron chi connectivity index (χ3n) is 4.45. The molecule has 0 saturated carbocycles. The van der Waals surface area contributed by atoms with Crippen molar-refractivity contribution >= 4 is 11.8 Å². The molecule has 2 amide bonds. The van der Waals surface area contributed by atoms with Crippen LogP contribution in [-0.4, -0.2) is 62.3 Å². The standard InChI is InChI=1S/C16H17F3N6O2/c17-16(18,19)11-22-14(27)15(25-8-2-7-23-25)3-9-24(10-4-15)13(26)12-20-5-1-6-21-12/h1-2,5-8H,3-4,9-11H2,(H,22,27). The van der Waals surface area contributed by atoms with Crippen LogP contribution in [0, 0.1) is 0 Å². The lowest BCUT2D eigenvalue weighted by Crippen LogP contribution is -2.57. The van der Waals surface area contributed by atoms with Gasteiger partial charge in [-0.05, 0) is 25.0 Å². The fourth-order valence-corrected chi connectivity index (χ4v) is 3.06. The number of nitrogens with one attached hydrogen (secondary N) is 1. The lowest BCUT2D eigenvalue weighted by atomic mass is 9.86. The van der Waals surface area contributed by atoms with Crippen molar-refractivity contribution in [3.63, 3.8) is 0 Å². The van der Waals surface area contributed by atoms with Crippen LogP contribution in [0.2, 0.25) is 0 Å². The van der Waals surface area contributed by atoms with Gasteiger partial charge in [0.25, 0.3) is 5.91 Å². The van der Waals surface area contributed by atoms with Crippen LogP contribution < -0.4 is 5.32 Å². The molecule has 2 aromatic heterocycles. The largest absolute Gasteiger partial charge is 0.405 e. The third-order valence-corrected chi connectivity index (χ3v) is 4.45. The van der Waals surface area contributed by atoms with E-state index in [1.165, 1.54) is 34.4 Å². The second kappa shape index (κ2) is 7.33. The maximum Gasteiger partial charge on any atom is 0.405 e. The Morgan fingerprint density at radius 1 is 1.11 bits per heavy atom. The average Bonchev–Trinajstić information content (AvgIpc) is 3.21. The zero-order valence-electron chi connectivity index (χ0n) is 14.2. The van der Waals surface area contributed by atoms with Crippen LogP contribution in [-0.2, 0) is 10.3 Å². The summed E-state index contributed by atoms with van der Waals surface area (Å²) in [5.74, 6) is -1.13. The van der Waals surface area contributed by atoms with Crippen LogP contribution in [0.3, 0.4) is 0 Å². The first kappa shape index (κ1) is 18.8. The summed E-state index contributed by atoms with van der Waals surface area (Å²) in [7, 11) is 0. The number of likely N-dealkylation sites (tertiary alicyclic amines) is 1. The molecule has 27 heavy (non-hydrogen) atoms. The van der Waals surface area contributed by atoms with E-state index in [4.69, 9.17) is 0 Å². The van der Waals surface area contributed by atoms with E-state index in [9.17, 15) is 22.8 Å². The Hall–Kier alpha value is -2.98. The molecule has 1 N–H and O–H groups in total. The van der Waals surface area contributed by atoms with Gasteiger partial charge >= 0.3 is 6.18 Å². The van der Waals surface area contributed by atoms with Gasteiger partial charge in [0, 0.05) is 37.9 Å². The summed E-state index contributed by atoms with van der Waals surface area (Å²) in [6, 6.07) is 3.18. The lowest BCUT2D eigenvalue weighted by Gasteiger charge is -2.40. The van der Waals surface area contributed by atoms with Crippen LogP contribution in [0.1, 0.15) is 23.5 Å². The lowest BCUT2D eigenvalue weighted by molar-refractivity contribution is -0.146. The molecule has 0 unspecified atom stereocenters. The smallest absolute Gasteiger partial charge is 0.345 e. The highest BCUT2D eigenvalue weighted by Crippen LogP contribution is 2.31. The number of carbonyl (C=O) groups is 2. The monoisotopic (exact) mass is 382 g/mol. The second-order valence-electron chi connectivity index (χ2n) is 6.14. The summed E-state index contributed by atoms with van der Waals surface area (Å²) < 4.78 is 38.9. The number of piperidine rings is 1. The maximum atomic E-state index is 12.6. The zero-order chi connectivity index (χ0) is 19.5. The highest BCUT2D eigenvalue weighted by atomic mass is 19.4. The summed E-state index contributed by atoms with van der Waals surface area (Å²) in [6.45, 7) is -1.10. The first-order valence-electron chi connectivity index (χ1n) is 8.23. The Kier molecular flexibility index (Phi) is 5.10. The van der Waals surface area contributed by atoms with Gasteiger partial charge in [-0.1, -0.05) is 0 Å².